The van der Waals surface area contributed by atoms with E-state index in [-0.39, 0.29) is 0 Å². The highest BCUT2D eigenvalue weighted by molar-refractivity contribution is 5.67. The molecule has 0 saturated heterocycles. The molecule has 1 heteroatoms. The molecule has 0 N–H and O–H groups in total. The molecule has 0 radical (unpaired) electrons. The van der Waals surface area contributed by atoms with E-state index in [1.165, 1.54) is 16.7 Å². The molecule has 0 spiro atoms. The Kier molecular flexibility index (Phi) is 2.55. The summed E-state index contributed by atoms with van der Waals surface area (Å²) in [5, 5.41) is 0. The summed E-state index contributed by atoms with van der Waals surface area (Å²) < 4.78 is 5.57. The van der Waals surface area contributed by atoms with Crippen molar-refractivity contribution >= 4 is 0 Å². The van der Waals surface area contributed by atoms with Gasteiger partial charge in [-0.1, -0.05) is 30.3 Å². The van der Waals surface area contributed by atoms with Gasteiger partial charge in [-0.05, 0) is 12.5 Å². The van der Waals surface area contributed by atoms with Crippen LogP contribution < -0.4 is 0 Å². The highest BCUT2D eigenvalue weighted by Crippen LogP contribution is 2.26. The Labute approximate surface area is 90.4 Å². The van der Waals surface area contributed by atoms with E-state index >= 15 is 0 Å². The number of aryl methyl sites for hydroxylation is 2. The lowest BCUT2D eigenvalue weighted by molar-refractivity contribution is 0.482. The zero-order valence-corrected chi connectivity index (χ0v) is 9.37. The average Bonchev–Trinajstić information content (AvgIpc) is 2.24. The van der Waals surface area contributed by atoms with Crippen molar-refractivity contribution < 1.29 is 4.42 Å². The summed E-state index contributed by atoms with van der Waals surface area (Å²) in [6, 6.07) is 12.5. The van der Waals surface area contributed by atoms with Crippen molar-refractivity contribution in [2.24, 2.45) is 0 Å². The van der Waals surface area contributed by atoms with Gasteiger partial charge >= 0.3 is 11.5 Å². The van der Waals surface area contributed by atoms with Crippen LogP contribution in [-0.4, -0.2) is 0 Å². The summed E-state index contributed by atoms with van der Waals surface area (Å²) in [6.07, 6.45) is 0. The third-order valence-corrected chi connectivity index (χ3v) is 2.68. The summed E-state index contributed by atoms with van der Waals surface area (Å²) in [4.78, 5) is 0. The average molecular weight is 199 g/mol. The second-order valence-corrected chi connectivity index (χ2v) is 3.82. The maximum absolute atomic E-state index is 5.57. The lowest BCUT2D eigenvalue weighted by Gasteiger charge is -2.02. The second-order valence-electron chi connectivity index (χ2n) is 3.82. The monoisotopic (exact) mass is 199 g/mol. The molecule has 0 amide bonds. The summed E-state index contributed by atoms with van der Waals surface area (Å²) in [5.74, 6) is 1.95. The van der Waals surface area contributed by atoms with Crippen LogP contribution in [0.3, 0.4) is 0 Å². The van der Waals surface area contributed by atoms with E-state index in [1.54, 1.807) is 0 Å². The minimum Gasteiger partial charge on any atom is -0.218 e. The van der Waals surface area contributed by atoms with Crippen LogP contribution >= 0.6 is 0 Å². The van der Waals surface area contributed by atoms with E-state index in [9.17, 15) is 0 Å². The van der Waals surface area contributed by atoms with Crippen LogP contribution in [0.25, 0.3) is 11.1 Å². The molecule has 15 heavy (non-hydrogen) atoms. The summed E-state index contributed by atoms with van der Waals surface area (Å²) >= 11 is 0. The zero-order valence-electron chi connectivity index (χ0n) is 9.37. The maximum atomic E-state index is 5.57. The Balaban J connectivity index is 2.63. The first-order chi connectivity index (χ1) is 7.18. The van der Waals surface area contributed by atoms with Gasteiger partial charge in [0.15, 0.2) is 0 Å². The van der Waals surface area contributed by atoms with Crippen molar-refractivity contribution in [3.63, 3.8) is 0 Å². The highest BCUT2D eigenvalue weighted by atomic mass is 16.3. The molecule has 0 aliphatic heterocycles. The molecule has 1 heterocycles. The highest BCUT2D eigenvalue weighted by Gasteiger charge is 2.14. The lowest BCUT2D eigenvalue weighted by atomic mass is 10.0. The van der Waals surface area contributed by atoms with Gasteiger partial charge in [0.2, 0.25) is 0 Å². The largest absolute Gasteiger partial charge is 0.329 e. The molecule has 0 saturated carbocycles. The van der Waals surface area contributed by atoms with Gasteiger partial charge in [0.05, 0.1) is 19.4 Å². The Bertz CT molecular complexity index is 472. The fourth-order valence-corrected chi connectivity index (χ4v) is 1.77. The van der Waals surface area contributed by atoms with Gasteiger partial charge in [-0.25, -0.2) is 4.42 Å². The van der Waals surface area contributed by atoms with Crippen LogP contribution in [0, 0.1) is 20.8 Å². The summed E-state index contributed by atoms with van der Waals surface area (Å²) in [5.41, 5.74) is 3.72. The summed E-state index contributed by atoms with van der Waals surface area (Å²) in [7, 11) is 0. The molecule has 1 aromatic carbocycles. The van der Waals surface area contributed by atoms with Gasteiger partial charge < -0.3 is 0 Å². The first-order valence-electron chi connectivity index (χ1n) is 5.15. The molecule has 2 aromatic rings. The van der Waals surface area contributed by atoms with Crippen molar-refractivity contribution in [2.75, 3.05) is 0 Å². The standard InChI is InChI=1S/C14H15O/c1-10-9-14(11(2)12(3)15-10)13-7-5-4-6-8-13/h4-9H,1-3H3/q+1. The number of rotatable bonds is 1. The predicted octanol–water partition coefficient (Wildman–Crippen LogP) is 4.15. The quantitative estimate of drug-likeness (QED) is 0.628. The van der Waals surface area contributed by atoms with Gasteiger partial charge in [-0.15, -0.1) is 0 Å². The molecule has 0 fully saturated rings. The molecule has 0 atom stereocenters. The van der Waals surface area contributed by atoms with Crippen molar-refractivity contribution in [3.8, 4) is 11.1 Å². The van der Waals surface area contributed by atoms with E-state index < -0.39 is 0 Å². The molecule has 0 aliphatic carbocycles. The molecule has 76 valence electrons. The molecule has 1 nitrogen and oxygen atoms in total. The fraction of sp³-hybridized carbons (Fsp3) is 0.214. The van der Waals surface area contributed by atoms with Crippen LogP contribution in [-0.2, 0) is 0 Å². The second kappa shape index (κ2) is 3.85. The Morgan fingerprint density at radius 1 is 0.933 bits per heavy atom. The third kappa shape index (κ3) is 1.91. The zero-order chi connectivity index (χ0) is 10.8. The van der Waals surface area contributed by atoms with Crippen molar-refractivity contribution in [3.05, 3.63) is 53.5 Å². The molecule has 0 bridgehead atoms. The Morgan fingerprint density at radius 3 is 2.27 bits per heavy atom. The van der Waals surface area contributed by atoms with E-state index in [4.69, 9.17) is 4.42 Å². The summed E-state index contributed by atoms with van der Waals surface area (Å²) in [6.45, 7) is 6.09. The Morgan fingerprint density at radius 2 is 1.60 bits per heavy atom. The number of hydrogen-bond acceptors (Lipinski definition) is 0. The van der Waals surface area contributed by atoms with Crippen LogP contribution in [0.2, 0.25) is 0 Å². The van der Waals surface area contributed by atoms with Crippen LogP contribution in [0.4, 0.5) is 0 Å². The number of hydrogen-bond donors (Lipinski definition) is 0. The van der Waals surface area contributed by atoms with Crippen molar-refractivity contribution in [2.45, 2.75) is 20.8 Å². The normalized spacial score (nSPS) is 10.3. The van der Waals surface area contributed by atoms with E-state index in [2.05, 4.69) is 37.3 Å². The van der Waals surface area contributed by atoms with Crippen molar-refractivity contribution in [1.82, 2.24) is 0 Å². The van der Waals surface area contributed by atoms with Gasteiger partial charge in [-0.2, -0.15) is 0 Å². The molecule has 1 aromatic heterocycles. The molecular weight excluding hydrogens is 184 g/mol. The van der Waals surface area contributed by atoms with E-state index in [1.807, 2.05) is 19.9 Å². The topological polar surface area (TPSA) is 11.3 Å². The molecule has 2 rings (SSSR count). The number of benzene rings is 1. The molecular formula is C14H15O+. The van der Waals surface area contributed by atoms with Gasteiger partial charge in [0, 0.05) is 11.6 Å². The van der Waals surface area contributed by atoms with Crippen LogP contribution in [0.1, 0.15) is 17.1 Å². The lowest BCUT2D eigenvalue weighted by Crippen LogP contribution is -1.89. The van der Waals surface area contributed by atoms with Gasteiger partial charge in [-0.3, -0.25) is 0 Å². The Hall–Kier alpha value is -1.63. The smallest absolute Gasteiger partial charge is 0.218 e. The van der Waals surface area contributed by atoms with Gasteiger partial charge in [0.1, 0.15) is 0 Å². The first-order valence-corrected chi connectivity index (χ1v) is 5.15. The van der Waals surface area contributed by atoms with E-state index in [0.717, 1.165) is 11.5 Å². The van der Waals surface area contributed by atoms with Crippen molar-refractivity contribution in [1.29, 1.82) is 0 Å². The van der Waals surface area contributed by atoms with Crippen LogP contribution in [0.15, 0.2) is 40.8 Å². The first kappa shape index (κ1) is 9.91. The third-order valence-electron chi connectivity index (χ3n) is 2.68. The van der Waals surface area contributed by atoms with E-state index in [0.29, 0.717) is 0 Å². The maximum Gasteiger partial charge on any atom is 0.329 e. The molecule has 0 aliphatic rings. The minimum absolute atomic E-state index is 0.956. The fourth-order valence-electron chi connectivity index (χ4n) is 1.77. The molecule has 0 unspecified atom stereocenters. The minimum atomic E-state index is 0.956. The SMILES string of the molecule is Cc1cc(-c2ccccc2)c(C)c(C)[o+]1. The van der Waals surface area contributed by atoms with Crippen LogP contribution in [0.5, 0.6) is 0 Å². The van der Waals surface area contributed by atoms with Gasteiger partial charge in [0.25, 0.3) is 0 Å². The predicted molar refractivity (Wildman–Crippen MR) is 62.8 cm³/mol.